The van der Waals surface area contributed by atoms with Crippen LogP contribution in [-0.4, -0.2) is 36.9 Å². The van der Waals surface area contributed by atoms with Gasteiger partial charge >= 0.3 is 0 Å². The van der Waals surface area contributed by atoms with Crippen LogP contribution in [0, 0.1) is 0 Å². The van der Waals surface area contributed by atoms with Crippen LogP contribution < -0.4 is 4.74 Å². The lowest BCUT2D eigenvalue weighted by atomic mass is 10.2. The number of hydrogen-bond donors (Lipinski definition) is 0. The molecule has 22 heavy (non-hydrogen) atoms. The van der Waals surface area contributed by atoms with Crippen molar-refractivity contribution in [2.24, 2.45) is 7.05 Å². The van der Waals surface area contributed by atoms with E-state index in [-0.39, 0.29) is 5.92 Å². The fraction of sp³-hybridized carbons (Fsp3) is 0.333. The van der Waals surface area contributed by atoms with Crippen molar-refractivity contribution in [3.05, 3.63) is 36.3 Å². The van der Waals surface area contributed by atoms with Gasteiger partial charge in [-0.3, -0.25) is 4.68 Å². The number of hydrogen-bond acceptors (Lipinski definition) is 5. The Morgan fingerprint density at radius 2 is 2.05 bits per heavy atom. The topological polar surface area (TPSA) is 70.7 Å². The summed E-state index contributed by atoms with van der Waals surface area (Å²) >= 11 is 0. The molecule has 0 unspecified atom stereocenters. The van der Waals surface area contributed by atoms with Gasteiger partial charge in [0.15, 0.2) is 11.6 Å². The molecule has 0 N–H and O–H groups in total. The molecule has 0 atom stereocenters. The van der Waals surface area contributed by atoms with E-state index in [0.29, 0.717) is 11.5 Å². The van der Waals surface area contributed by atoms with Crippen molar-refractivity contribution >= 4 is 0 Å². The zero-order valence-corrected chi connectivity index (χ0v) is 13.1. The summed E-state index contributed by atoms with van der Waals surface area (Å²) < 4.78 is 8.71. The maximum atomic E-state index is 5.29. The summed E-state index contributed by atoms with van der Waals surface area (Å²) in [7, 11) is 3.47. The smallest absolute Gasteiger partial charge is 0.185 e. The zero-order valence-electron chi connectivity index (χ0n) is 13.1. The van der Waals surface area contributed by atoms with E-state index in [1.165, 1.54) is 0 Å². The molecule has 3 aromatic rings. The predicted molar refractivity (Wildman–Crippen MR) is 82.0 cm³/mol. The lowest BCUT2D eigenvalue weighted by Gasteiger charge is -2.06. The second kappa shape index (κ2) is 5.59. The minimum Gasteiger partial charge on any atom is -0.497 e. The highest BCUT2D eigenvalue weighted by Crippen LogP contribution is 2.24. The van der Waals surface area contributed by atoms with Gasteiger partial charge in [-0.05, 0) is 12.1 Å². The quantitative estimate of drug-likeness (QED) is 0.738. The van der Waals surface area contributed by atoms with Gasteiger partial charge in [-0.25, -0.2) is 9.67 Å². The van der Waals surface area contributed by atoms with Crippen LogP contribution in [0.15, 0.2) is 30.5 Å². The molecule has 0 amide bonds. The van der Waals surface area contributed by atoms with E-state index in [1.807, 2.05) is 37.5 Å². The van der Waals surface area contributed by atoms with Crippen LogP contribution in [0.1, 0.15) is 25.6 Å². The third kappa shape index (κ3) is 2.57. The summed E-state index contributed by atoms with van der Waals surface area (Å²) in [5.74, 6) is 2.43. The highest BCUT2D eigenvalue weighted by atomic mass is 16.5. The van der Waals surface area contributed by atoms with Gasteiger partial charge in [-0.1, -0.05) is 25.1 Å². The number of methoxy groups -OCH3 is 1. The molecular formula is C15H18N6O. The molecule has 0 saturated carbocycles. The number of rotatable bonds is 4. The molecule has 7 nitrogen and oxygen atoms in total. The van der Waals surface area contributed by atoms with Crippen molar-refractivity contribution in [1.82, 2.24) is 29.8 Å². The number of aryl methyl sites for hydroxylation is 1. The number of aromatic nitrogens is 6. The molecule has 114 valence electrons. The molecule has 0 saturated heterocycles. The molecule has 0 aliphatic rings. The standard InChI is InChI=1S/C15H18N6O/c1-10(2)14-16-15(13-9-20(3)19-17-13)21(18-14)11-6-5-7-12(8-11)22-4/h5-10H,1-4H3. The second-order valence-electron chi connectivity index (χ2n) is 5.34. The van der Waals surface area contributed by atoms with Crippen molar-refractivity contribution in [3.63, 3.8) is 0 Å². The van der Waals surface area contributed by atoms with E-state index in [4.69, 9.17) is 4.74 Å². The van der Waals surface area contributed by atoms with Crippen LogP contribution in [0.3, 0.4) is 0 Å². The van der Waals surface area contributed by atoms with E-state index < -0.39 is 0 Å². The minimum atomic E-state index is 0.224. The molecule has 0 bridgehead atoms. The van der Waals surface area contributed by atoms with Gasteiger partial charge in [0, 0.05) is 19.0 Å². The second-order valence-corrected chi connectivity index (χ2v) is 5.34. The van der Waals surface area contributed by atoms with Crippen molar-refractivity contribution in [2.75, 3.05) is 7.11 Å². The lowest BCUT2D eigenvalue weighted by Crippen LogP contribution is -2.01. The summed E-state index contributed by atoms with van der Waals surface area (Å²) in [6, 6.07) is 7.69. The van der Waals surface area contributed by atoms with Crippen LogP contribution in [-0.2, 0) is 7.05 Å². The molecule has 7 heteroatoms. The Bertz CT molecular complexity index is 789. The molecule has 3 rings (SSSR count). The fourth-order valence-corrected chi connectivity index (χ4v) is 2.11. The molecule has 0 spiro atoms. The van der Waals surface area contributed by atoms with Gasteiger partial charge in [-0.2, -0.15) is 5.10 Å². The highest BCUT2D eigenvalue weighted by molar-refractivity contribution is 5.53. The molecular weight excluding hydrogens is 280 g/mol. The predicted octanol–water partition coefficient (Wildman–Crippen LogP) is 2.19. The average Bonchev–Trinajstić information content (AvgIpc) is 3.13. The van der Waals surface area contributed by atoms with Crippen molar-refractivity contribution < 1.29 is 4.74 Å². The van der Waals surface area contributed by atoms with Crippen LogP contribution in [0.25, 0.3) is 17.2 Å². The molecule has 1 aromatic carbocycles. The summed E-state index contributed by atoms with van der Waals surface area (Å²) in [5, 5.41) is 12.7. The summed E-state index contributed by atoms with van der Waals surface area (Å²) in [6.07, 6.45) is 1.82. The first-order chi connectivity index (χ1) is 10.6. The van der Waals surface area contributed by atoms with Gasteiger partial charge in [0.1, 0.15) is 11.4 Å². The van der Waals surface area contributed by atoms with E-state index in [1.54, 1.807) is 16.5 Å². The van der Waals surface area contributed by atoms with Gasteiger partial charge < -0.3 is 4.74 Å². The first kappa shape index (κ1) is 14.2. The molecule has 0 fully saturated rings. The highest BCUT2D eigenvalue weighted by Gasteiger charge is 2.18. The van der Waals surface area contributed by atoms with Gasteiger partial charge in [0.25, 0.3) is 0 Å². The monoisotopic (exact) mass is 298 g/mol. The first-order valence-electron chi connectivity index (χ1n) is 7.06. The first-order valence-corrected chi connectivity index (χ1v) is 7.06. The molecule has 0 aliphatic carbocycles. The summed E-state index contributed by atoms with van der Waals surface area (Å²) in [4.78, 5) is 4.62. The summed E-state index contributed by atoms with van der Waals surface area (Å²) in [5.41, 5.74) is 1.56. The third-order valence-corrected chi connectivity index (χ3v) is 3.27. The Morgan fingerprint density at radius 1 is 1.23 bits per heavy atom. The molecule has 2 heterocycles. The fourth-order valence-electron chi connectivity index (χ4n) is 2.11. The van der Waals surface area contributed by atoms with Crippen LogP contribution in [0.2, 0.25) is 0 Å². The SMILES string of the molecule is COc1cccc(-n2nc(C(C)C)nc2-c2cn(C)nn2)c1. The molecule has 0 aliphatic heterocycles. The van der Waals surface area contributed by atoms with Crippen molar-refractivity contribution in [1.29, 1.82) is 0 Å². The Hall–Kier alpha value is -2.70. The minimum absolute atomic E-state index is 0.224. The third-order valence-electron chi connectivity index (χ3n) is 3.27. The lowest BCUT2D eigenvalue weighted by molar-refractivity contribution is 0.414. The van der Waals surface area contributed by atoms with Gasteiger partial charge in [-0.15, -0.1) is 5.10 Å². The Balaban J connectivity index is 2.16. The van der Waals surface area contributed by atoms with Crippen molar-refractivity contribution in [2.45, 2.75) is 19.8 Å². The maximum Gasteiger partial charge on any atom is 0.185 e. The number of ether oxygens (including phenoxy) is 1. The summed E-state index contributed by atoms with van der Waals surface area (Å²) in [6.45, 7) is 4.12. The van der Waals surface area contributed by atoms with Crippen molar-refractivity contribution in [3.8, 4) is 23.0 Å². The van der Waals surface area contributed by atoms with E-state index in [2.05, 4.69) is 34.2 Å². The average molecular weight is 298 g/mol. The number of nitrogens with zero attached hydrogens (tertiary/aromatic N) is 6. The van der Waals surface area contributed by atoms with Crippen LogP contribution in [0.5, 0.6) is 5.75 Å². The van der Waals surface area contributed by atoms with E-state index in [9.17, 15) is 0 Å². The van der Waals surface area contributed by atoms with Crippen LogP contribution >= 0.6 is 0 Å². The maximum absolute atomic E-state index is 5.29. The number of benzene rings is 1. The Labute approximate surface area is 128 Å². The normalized spacial score (nSPS) is 11.1. The Kier molecular flexibility index (Phi) is 3.62. The zero-order chi connectivity index (χ0) is 15.7. The molecule has 0 radical (unpaired) electrons. The largest absolute Gasteiger partial charge is 0.497 e. The van der Waals surface area contributed by atoms with Gasteiger partial charge in [0.05, 0.1) is 19.0 Å². The van der Waals surface area contributed by atoms with Crippen LogP contribution in [0.4, 0.5) is 0 Å². The molecule has 2 aromatic heterocycles. The van der Waals surface area contributed by atoms with E-state index in [0.717, 1.165) is 17.3 Å². The van der Waals surface area contributed by atoms with E-state index >= 15 is 0 Å². The van der Waals surface area contributed by atoms with Gasteiger partial charge in [0.2, 0.25) is 0 Å². The Morgan fingerprint density at radius 3 is 2.68 bits per heavy atom.